The highest BCUT2D eigenvalue weighted by Crippen LogP contribution is 2.35. The zero-order valence-electron chi connectivity index (χ0n) is 19.7. The van der Waals surface area contributed by atoms with Crippen molar-refractivity contribution in [2.24, 2.45) is 0 Å². The topological polar surface area (TPSA) is 71.5 Å². The fourth-order valence-corrected chi connectivity index (χ4v) is 5.30. The lowest BCUT2D eigenvalue weighted by molar-refractivity contribution is -0.150. The SMILES string of the molecule is O=S(=O)(Nc1cccc(F)n1)c1cc(F)c(OC2CCN(CC(F)(F)F)CC2c2ccc(F)c(F)c2)cc1F. The average molecular weight is 581 g/mol. The van der Waals surface area contributed by atoms with Gasteiger partial charge in [0.05, 0.1) is 6.54 Å². The number of nitrogens with zero attached hydrogens (tertiary/aromatic N) is 2. The first kappa shape index (κ1) is 28.5. The quantitative estimate of drug-likeness (QED) is 0.300. The van der Waals surface area contributed by atoms with Gasteiger partial charge in [0.2, 0.25) is 5.95 Å². The van der Waals surface area contributed by atoms with Gasteiger partial charge in [-0.15, -0.1) is 0 Å². The third-order valence-electron chi connectivity index (χ3n) is 5.92. The number of halogens is 8. The van der Waals surface area contributed by atoms with Crippen LogP contribution in [0.5, 0.6) is 5.75 Å². The lowest BCUT2D eigenvalue weighted by Gasteiger charge is -2.39. The first-order valence-electron chi connectivity index (χ1n) is 11.3. The summed E-state index contributed by atoms with van der Waals surface area (Å²) < 4.78 is 142. The van der Waals surface area contributed by atoms with Gasteiger partial charge in [0, 0.05) is 31.1 Å². The molecule has 1 aliphatic rings. The lowest BCUT2D eigenvalue weighted by atomic mass is 9.87. The van der Waals surface area contributed by atoms with Gasteiger partial charge < -0.3 is 4.74 Å². The molecule has 0 saturated carbocycles. The Balaban J connectivity index is 1.61. The monoisotopic (exact) mass is 581 g/mol. The standard InChI is InChI=1S/C24H19F8N3O3S/c25-15-5-4-13(8-16(15)26)14-11-35(12-24(30,31)32)7-6-19(14)38-20-9-18(28)21(10-17(20)27)39(36,37)34-23-3-1-2-22(29)33-23/h1-5,8-10,14,19H,6-7,11-12H2,(H,33,34). The van der Waals surface area contributed by atoms with Crippen molar-refractivity contribution < 1.29 is 48.3 Å². The second kappa shape index (κ2) is 11.0. The van der Waals surface area contributed by atoms with Crippen molar-refractivity contribution in [2.75, 3.05) is 24.4 Å². The van der Waals surface area contributed by atoms with Crippen LogP contribution < -0.4 is 9.46 Å². The maximum Gasteiger partial charge on any atom is 0.401 e. The van der Waals surface area contributed by atoms with Crippen molar-refractivity contribution in [3.05, 3.63) is 83.3 Å². The molecule has 1 aromatic heterocycles. The molecule has 6 nitrogen and oxygen atoms in total. The van der Waals surface area contributed by atoms with Crippen LogP contribution in [-0.4, -0.2) is 50.2 Å². The summed E-state index contributed by atoms with van der Waals surface area (Å²) >= 11 is 0. The summed E-state index contributed by atoms with van der Waals surface area (Å²) in [5, 5.41) is 0. The highest BCUT2D eigenvalue weighted by Gasteiger charge is 2.38. The Morgan fingerprint density at radius 3 is 2.36 bits per heavy atom. The number of benzene rings is 2. The summed E-state index contributed by atoms with van der Waals surface area (Å²) in [6.45, 7) is -1.77. The van der Waals surface area contributed by atoms with E-state index in [9.17, 15) is 43.5 Å². The Morgan fingerprint density at radius 1 is 0.949 bits per heavy atom. The van der Waals surface area contributed by atoms with E-state index in [0.717, 1.165) is 41.3 Å². The third-order valence-corrected chi connectivity index (χ3v) is 7.29. The minimum Gasteiger partial charge on any atom is -0.487 e. The number of hydrogen-bond acceptors (Lipinski definition) is 5. The molecule has 3 aromatic rings. The summed E-state index contributed by atoms with van der Waals surface area (Å²) in [5.41, 5.74) is 0.0673. The van der Waals surface area contributed by atoms with Gasteiger partial charge in [0.1, 0.15) is 22.6 Å². The Labute approximate surface area is 217 Å². The van der Waals surface area contributed by atoms with Crippen molar-refractivity contribution >= 4 is 15.8 Å². The maximum absolute atomic E-state index is 14.9. The van der Waals surface area contributed by atoms with E-state index < -0.39 is 80.4 Å². The molecule has 1 aliphatic heterocycles. The second-order valence-corrected chi connectivity index (χ2v) is 10.4. The molecule has 15 heteroatoms. The predicted molar refractivity (Wildman–Crippen MR) is 122 cm³/mol. The number of piperidine rings is 1. The summed E-state index contributed by atoms with van der Waals surface area (Å²) in [5.74, 6) is -8.50. The van der Waals surface area contributed by atoms with E-state index in [1.54, 1.807) is 0 Å². The van der Waals surface area contributed by atoms with Crippen molar-refractivity contribution in [1.29, 1.82) is 0 Å². The number of anilines is 1. The number of nitrogens with one attached hydrogen (secondary N) is 1. The molecule has 4 rings (SSSR count). The molecular weight excluding hydrogens is 562 g/mol. The molecule has 0 bridgehead atoms. The molecule has 0 spiro atoms. The van der Waals surface area contributed by atoms with Gasteiger partial charge in [-0.05, 0) is 36.2 Å². The molecule has 1 fully saturated rings. The van der Waals surface area contributed by atoms with E-state index in [-0.39, 0.29) is 25.1 Å². The van der Waals surface area contributed by atoms with Gasteiger partial charge in [-0.25, -0.2) is 31.0 Å². The number of likely N-dealkylation sites (tertiary alicyclic amines) is 1. The smallest absolute Gasteiger partial charge is 0.401 e. The van der Waals surface area contributed by atoms with Crippen LogP contribution in [0.1, 0.15) is 17.9 Å². The van der Waals surface area contributed by atoms with Crippen LogP contribution in [0.15, 0.2) is 53.4 Å². The predicted octanol–water partition coefficient (Wildman–Crippen LogP) is 5.38. The third kappa shape index (κ3) is 6.95. The molecule has 2 aromatic carbocycles. The van der Waals surface area contributed by atoms with E-state index in [0.29, 0.717) is 12.1 Å². The number of pyridine rings is 1. The average Bonchev–Trinajstić information content (AvgIpc) is 2.82. The highest BCUT2D eigenvalue weighted by atomic mass is 32.2. The van der Waals surface area contributed by atoms with E-state index >= 15 is 0 Å². The van der Waals surface area contributed by atoms with Gasteiger partial charge in [0.15, 0.2) is 23.2 Å². The van der Waals surface area contributed by atoms with Crippen LogP contribution in [0.25, 0.3) is 0 Å². The van der Waals surface area contributed by atoms with Crippen LogP contribution in [0, 0.1) is 29.2 Å². The summed E-state index contributed by atoms with van der Waals surface area (Å²) in [6.07, 6.45) is -5.78. The van der Waals surface area contributed by atoms with Gasteiger partial charge >= 0.3 is 6.18 Å². The number of sulfonamides is 1. The zero-order chi connectivity index (χ0) is 28.5. The molecule has 2 unspecified atom stereocenters. The van der Waals surface area contributed by atoms with Crippen LogP contribution in [0.2, 0.25) is 0 Å². The van der Waals surface area contributed by atoms with Gasteiger partial charge in [-0.3, -0.25) is 9.62 Å². The van der Waals surface area contributed by atoms with Crippen LogP contribution >= 0.6 is 0 Å². The van der Waals surface area contributed by atoms with Gasteiger partial charge in [-0.2, -0.15) is 17.6 Å². The maximum atomic E-state index is 14.9. The van der Waals surface area contributed by atoms with E-state index in [4.69, 9.17) is 4.74 Å². The summed E-state index contributed by atoms with van der Waals surface area (Å²) in [6, 6.07) is 6.62. The summed E-state index contributed by atoms with van der Waals surface area (Å²) in [7, 11) is -4.76. The van der Waals surface area contributed by atoms with E-state index in [2.05, 4.69) is 4.98 Å². The molecular formula is C24H19F8N3O3S. The fourth-order valence-electron chi connectivity index (χ4n) is 4.23. The first-order valence-corrected chi connectivity index (χ1v) is 12.8. The molecule has 1 saturated heterocycles. The van der Waals surface area contributed by atoms with Gasteiger partial charge in [0.25, 0.3) is 10.0 Å². The van der Waals surface area contributed by atoms with Crippen LogP contribution in [0.4, 0.5) is 40.9 Å². The van der Waals surface area contributed by atoms with Crippen molar-refractivity contribution in [3.63, 3.8) is 0 Å². The lowest BCUT2D eigenvalue weighted by Crippen LogP contribution is -2.47. The molecule has 1 N–H and O–H groups in total. The normalized spacial score (nSPS) is 18.7. The largest absolute Gasteiger partial charge is 0.487 e. The molecule has 39 heavy (non-hydrogen) atoms. The summed E-state index contributed by atoms with van der Waals surface area (Å²) in [4.78, 5) is 3.16. The molecule has 0 amide bonds. The van der Waals surface area contributed by atoms with Crippen molar-refractivity contribution in [1.82, 2.24) is 9.88 Å². The minimum absolute atomic E-state index is 0.0673. The van der Waals surface area contributed by atoms with Crippen LogP contribution in [0.3, 0.4) is 0 Å². The van der Waals surface area contributed by atoms with Crippen molar-refractivity contribution in [2.45, 2.75) is 29.5 Å². The van der Waals surface area contributed by atoms with E-state index in [1.807, 2.05) is 4.72 Å². The molecule has 210 valence electrons. The highest BCUT2D eigenvalue weighted by molar-refractivity contribution is 7.92. The number of ether oxygens (including phenoxy) is 1. The molecule has 0 radical (unpaired) electrons. The minimum atomic E-state index is -4.76. The Bertz CT molecular complexity index is 1470. The fraction of sp³-hybridized carbons (Fsp3) is 0.292. The number of aromatic nitrogens is 1. The first-order chi connectivity index (χ1) is 18.2. The zero-order valence-corrected chi connectivity index (χ0v) is 20.5. The molecule has 2 atom stereocenters. The van der Waals surface area contributed by atoms with E-state index in [1.165, 1.54) is 0 Å². The molecule has 2 heterocycles. The second-order valence-electron chi connectivity index (χ2n) is 8.74. The Kier molecular flexibility index (Phi) is 8.02. The number of alkyl halides is 3. The van der Waals surface area contributed by atoms with Gasteiger partial charge in [-0.1, -0.05) is 12.1 Å². The number of hydrogen-bond donors (Lipinski definition) is 1. The van der Waals surface area contributed by atoms with Crippen LogP contribution in [-0.2, 0) is 10.0 Å². The van der Waals surface area contributed by atoms with Crippen molar-refractivity contribution in [3.8, 4) is 5.75 Å². The molecule has 0 aliphatic carbocycles. The Morgan fingerprint density at radius 2 is 1.69 bits per heavy atom. The number of rotatable bonds is 7. The Hall–Kier alpha value is -3.46.